The van der Waals surface area contributed by atoms with E-state index in [0.29, 0.717) is 0 Å². The average Bonchev–Trinajstić information content (AvgIpc) is 2.47. The van der Waals surface area contributed by atoms with Crippen LogP contribution in [0.4, 0.5) is 0 Å². The summed E-state index contributed by atoms with van der Waals surface area (Å²) in [6.07, 6.45) is 7.89. The normalized spacial score (nSPS) is 15.4. The Bertz CT molecular complexity index is 540. The Balaban J connectivity index is 2.49. The molecule has 0 saturated heterocycles. The smallest absolute Gasteiger partial charge is 0.255 e. The van der Waals surface area contributed by atoms with Crippen molar-refractivity contribution in [3.8, 4) is 0 Å². The topological polar surface area (TPSA) is 25.2 Å². The molecule has 1 aromatic rings. The number of nitrogens with zero attached hydrogens (tertiary/aromatic N) is 2. The summed E-state index contributed by atoms with van der Waals surface area (Å²) in [6, 6.07) is 3.44. The Morgan fingerprint density at radius 1 is 1.31 bits per heavy atom. The molecule has 0 aliphatic carbocycles. The van der Waals surface area contributed by atoms with E-state index in [-0.39, 0.29) is 26.6 Å². The largest absolute Gasteiger partial charge is 0.330 e. The van der Waals surface area contributed by atoms with Crippen LogP contribution in [0.5, 0.6) is 0 Å². The van der Waals surface area contributed by atoms with Crippen LogP contribution in [-0.2, 0) is 0 Å². The molecule has 2 rings (SSSR count). The van der Waals surface area contributed by atoms with Gasteiger partial charge in [0.15, 0.2) is 0 Å². The van der Waals surface area contributed by atoms with Crippen LogP contribution in [0.2, 0.25) is 0 Å². The molecular formula is C12H13IN2O. The maximum atomic E-state index is 11.7. The predicted octanol–water partition coefficient (Wildman–Crippen LogP) is 2.14. The van der Waals surface area contributed by atoms with Crippen molar-refractivity contribution in [1.82, 2.24) is 7.68 Å². The second-order valence-corrected chi connectivity index (χ2v) is 6.37. The van der Waals surface area contributed by atoms with Crippen molar-refractivity contribution in [1.29, 1.82) is 0 Å². The van der Waals surface area contributed by atoms with Gasteiger partial charge in [-0.15, -0.1) is 0 Å². The summed E-state index contributed by atoms with van der Waals surface area (Å²) in [6.45, 7) is 1.99. The van der Waals surface area contributed by atoms with Crippen LogP contribution >= 0.6 is 21.0 Å². The van der Waals surface area contributed by atoms with Crippen molar-refractivity contribution in [2.45, 2.75) is 6.92 Å². The zero-order chi connectivity index (χ0) is 11.5. The highest BCUT2D eigenvalue weighted by atomic mass is 127. The summed E-state index contributed by atoms with van der Waals surface area (Å²) < 4.78 is 6.01. The number of pyridine rings is 1. The Kier molecular flexibility index (Phi) is 3.38. The van der Waals surface area contributed by atoms with Crippen molar-refractivity contribution in [2.75, 3.05) is 7.05 Å². The number of aromatic nitrogens is 1. The van der Waals surface area contributed by atoms with Gasteiger partial charge >= 0.3 is 0 Å². The first kappa shape index (κ1) is 11.3. The van der Waals surface area contributed by atoms with Gasteiger partial charge in [0.05, 0.1) is 5.70 Å². The quantitative estimate of drug-likeness (QED) is 0.583. The van der Waals surface area contributed by atoms with Crippen LogP contribution in [0.1, 0.15) is 5.56 Å². The minimum atomic E-state index is -0.0827. The van der Waals surface area contributed by atoms with Gasteiger partial charge in [0.1, 0.15) is 0 Å². The molecule has 84 valence electrons. The number of aryl methyl sites for hydroxylation is 1. The van der Waals surface area contributed by atoms with Crippen LogP contribution in [0.25, 0.3) is 5.70 Å². The minimum absolute atomic E-state index is 0.0117. The maximum absolute atomic E-state index is 11.7. The molecule has 0 aromatic carbocycles. The SMILES string of the molecule is Cc1ccc(=O)n(C2=CC=IN(C)C=C2)c1. The van der Waals surface area contributed by atoms with Crippen LogP contribution in [0.3, 0.4) is 0 Å². The third-order valence-corrected chi connectivity index (χ3v) is 4.11. The standard InChI is InChI=1S/C12H13IN2O/c1-10-3-4-12(16)15(9-10)11-5-7-13-14(2)8-6-11/h3-9H,1-2H3. The molecule has 16 heavy (non-hydrogen) atoms. The second-order valence-electron chi connectivity index (χ2n) is 3.57. The fourth-order valence-electron chi connectivity index (χ4n) is 1.40. The summed E-state index contributed by atoms with van der Waals surface area (Å²) in [5, 5.41) is 0. The molecule has 0 atom stereocenters. The lowest BCUT2D eigenvalue weighted by Crippen LogP contribution is -2.17. The number of hydrogen-bond donors (Lipinski definition) is 0. The van der Waals surface area contributed by atoms with E-state index in [1.807, 2.05) is 37.5 Å². The average molecular weight is 328 g/mol. The summed E-state index contributed by atoms with van der Waals surface area (Å²) in [5.41, 5.74) is 2.02. The van der Waals surface area contributed by atoms with Gasteiger partial charge in [-0.1, -0.05) is 6.07 Å². The molecule has 0 saturated carbocycles. The summed E-state index contributed by atoms with van der Waals surface area (Å²) >= 11 is -0.0827. The van der Waals surface area contributed by atoms with E-state index in [9.17, 15) is 4.79 Å². The first-order valence-corrected chi connectivity index (χ1v) is 7.16. The lowest BCUT2D eigenvalue weighted by molar-refractivity contribution is 0.833. The van der Waals surface area contributed by atoms with Gasteiger partial charge in [0.25, 0.3) is 5.56 Å². The van der Waals surface area contributed by atoms with Crippen LogP contribution < -0.4 is 5.56 Å². The summed E-state index contributed by atoms with van der Waals surface area (Å²) in [5.74, 6) is 0. The Hall–Kier alpha value is -1.17. The highest BCUT2D eigenvalue weighted by Crippen LogP contribution is 2.13. The van der Waals surface area contributed by atoms with Crippen molar-refractivity contribution < 1.29 is 0 Å². The molecule has 3 nitrogen and oxygen atoms in total. The summed E-state index contributed by atoms with van der Waals surface area (Å²) in [7, 11) is 2.05. The van der Waals surface area contributed by atoms with E-state index in [1.165, 1.54) is 0 Å². The van der Waals surface area contributed by atoms with Crippen molar-refractivity contribution in [3.63, 3.8) is 0 Å². The molecule has 0 unspecified atom stereocenters. The monoisotopic (exact) mass is 328 g/mol. The third kappa shape index (κ3) is 2.49. The van der Waals surface area contributed by atoms with Crippen LogP contribution in [0.15, 0.2) is 41.5 Å². The zero-order valence-electron chi connectivity index (χ0n) is 9.22. The predicted molar refractivity (Wildman–Crippen MR) is 76.7 cm³/mol. The van der Waals surface area contributed by atoms with E-state index in [4.69, 9.17) is 0 Å². The Morgan fingerprint density at radius 2 is 2.12 bits per heavy atom. The zero-order valence-corrected chi connectivity index (χ0v) is 11.4. The van der Waals surface area contributed by atoms with E-state index in [2.05, 4.69) is 14.2 Å². The van der Waals surface area contributed by atoms with Gasteiger partial charge in [-0.05, 0) is 49.7 Å². The molecule has 0 fully saturated rings. The number of rotatable bonds is 1. The lowest BCUT2D eigenvalue weighted by Gasteiger charge is -2.07. The molecule has 0 N–H and O–H groups in total. The number of halogens is 1. The van der Waals surface area contributed by atoms with Gasteiger partial charge in [-0.3, -0.25) is 9.36 Å². The van der Waals surface area contributed by atoms with Crippen molar-refractivity contribution in [2.24, 2.45) is 0 Å². The molecule has 0 amide bonds. The molecule has 4 heteroatoms. The van der Waals surface area contributed by atoms with Gasteiger partial charge in [0, 0.05) is 25.5 Å². The third-order valence-electron chi connectivity index (χ3n) is 2.23. The molecule has 2 heterocycles. The van der Waals surface area contributed by atoms with Crippen molar-refractivity contribution in [3.05, 3.63) is 52.6 Å². The first-order chi connectivity index (χ1) is 7.66. The molecule has 1 aliphatic heterocycles. The molecule has 0 spiro atoms. The second kappa shape index (κ2) is 4.78. The fraction of sp³-hybridized carbons (Fsp3) is 0.167. The minimum Gasteiger partial charge on any atom is -0.330 e. The Labute approximate surface area is 105 Å². The highest BCUT2D eigenvalue weighted by molar-refractivity contribution is 14.2. The van der Waals surface area contributed by atoms with Gasteiger partial charge in [-0.25, -0.2) is 0 Å². The maximum Gasteiger partial charge on any atom is 0.255 e. The number of hydrogen-bond acceptors (Lipinski definition) is 2. The van der Waals surface area contributed by atoms with Crippen molar-refractivity contribution >= 4 is 30.7 Å². The molecular weight excluding hydrogens is 315 g/mol. The molecule has 1 aliphatic rings. The molecule has 0 bridgehead atoms. The van der Waals surface area contributed by atoms with Crippen LogP contribution in [-0.4, -0.2) is 18.7 Å². The van der Waals surface area contributed by atoms with Gasteiger partial charge in [-0.2, -0.15) is 0 Å². The molecule has 0 radical (unpaired) electrons. The van der Waals surface area contributed by atoms with E-state index >= 15 is 0 Å². The van der Waals surface area contributed by atoms with Gasteiger partial charge in [0.2, 0.25) is 0 Å². The van der Waals surface area contributed by atoms with E-state index < -0.39 is 0 Å². The van der Waals surface area contributed by atoms with Crippen LogP contribution in [0, 0.1) is 6.92 Å². The first-order valence-electron chi connectivity index (χ1n) is 4.95. The Morgan fingerprint density at radius 3 is 2.94 bits per heavy atom. The number of allylic oxidation sites excluding steroid dienone is 3. The van der Waals surface area contributed by atoms with Gasteiger partial charge < -0.3 is 3.11 Å². The van der Waals surface area contributed by atoms with E-state index in [0.717, 1.165) is 11.3 Å². The molecule has 1 aromatic heterocycles. The highest BCUT2D eigenvalue weighted by Gasteiger charge is 2.01. The fourth-order valence-corrected chi connectivity index (χ4v) is 2.79. The lowest BCUT2D eigenvalue weighted by atomic mass is 10.3. The van der Waals surface area contributed by atoms with E-state index in [1.54, 1.807) is 10.6 Å². The summed E-state index contributed by atoms with van der Waals surface area (Å²) in [4.78, 5) is 11.7.